The molecule has 2 aromatic rings. The molecule has 1 N–H and O–H groups in total. The number of thioether (sulfide) groups is 2. The van der Waals surface area contributed by atoms with Crippen molar-refractivity contribution in [1.82, 2.24) is 0 Å². The summed E-state index contributed by atoms with van der Waals surface area (Å²) in [6.07, 6.45) is 0. The van der Waals surface area contributed by atoms with E-state index >= 15 is 0 Å². The number of ether oxygens (including phenoxy) is 1. The average molecular weight is 435 g/mol. The number of hydrogen-bond donors (Lipinski definition) is 1. The number of aliphatic imine (C=N–C) groups is 1. The third-order valence-corrected chi connectivity index (χ3v) is 6.49. The van der Waals surface area contributed by atoms with E-state index in [0.29, 0.717) is 22.0 Å². The number of aryl methyl sites for hydroxylation is 1. The third-order valence-electron chi connectivity index (χ3n) is 3.95. The maximum absolute atomic E-state index is 12.5. The molecular formula is C20H19ClN2O3S2. The van der Waals surface area contributed by atoms with Gasteiger partial charge in [-0.25, -0.2) is 4.79 Å². The fourth-order valence-corrected chi connectivity index (χ4v) is 4.70. The van der Waals surface area contributed by atoms with Gasteiger partial charge in [0.15, 0.2) is 6.61 Å². The lowest BCUT2D eigenvalue weighted by Gasteiger charge is -2.11. The van der Waals surface area contributed by atoms with Crippen molar-refractivity contribution < 1.29 is 14.3 Å². The zero-order chi connectivity index (χ0) is 19.9. The van der Waals surface area contributed by atoms with Crippen molar-refractivity contribution >= 4 is 57.1 Å². The van der Waals surface area contributed by atoms with E-state index in [4.69, 9.17) is 16.3 Å². The first-order valence-corrected chi connectivity index (χ1v) is 11.0. The first-order valence-electron chi connectivity index (χ1n) is 8.64. The Balaban J connectivity index is 1.57. The molecule has 0 fully saturated rings. The lowest BCUT2D eigenvalue weighted by molar-refractivity contribution is -0.119. The highest BCUT2D eigenvalue weighted by Gasteiger charge is 2.16. The van der Waals surface area contributed by atoms with Gasteiger partial charge in [-0.2, -0.15) is 0 Å². The fourth-order valence-electron chi connectivity index (χ4n) is 2.51. The van der Waals surface area contributed by atoms with E-state index in [1.54, 1.807) is 47.8 Å². The molecule has 28 heavy (non-hydrogen) atoms. The summed E-state index contributed by atoms with van der Waals surface area (Å²) in [4.78, 5) is 29.0. The zero-order valence-corrected chi connectivity index (χ0v) is 17.6. The normalized spacial score (nSPS) is 13.1. The minimum absolute atomic E-state index is 0.366. The van der Waals surface area contributed by atoms with Crippen LogP contribution in [-0.2, 0) is 15.3 Å². The fraction of sp³-hybridized carbons (Fsp3) is 0.250. The lowest BCUT2D eigenvalue weighted by atomic mass is 10.1. The number of rotatable bonds is 6. The van der Waals surface area contributed by atoms with E-state index in [2.05, 4.69) is 10.3 Å². The molecule has 0 atom stereocenters. The molecule has 8 heteroatoms. The Morgan fingerprint density at radius 3 is 2.89 bits per heavy atom. The monoisotopic (exact) mass is 434 g/mol. The zero-order valence-electron chi connectivity index (χ0n) is 15.2. The molecule has 3 rings (SSSR count). The van der Waals surface area contributed by atoms with Crippen LogP contribution in [-0.4, -0.2) is 35.2 Å². The van der Waals surface area contributed by atoms with Crippen LogP contribution in [0.3, 0.4) is 0 Å². The van der Waals surface area contributed by atoms with Crippen molar-refractivity contribution in [2.24, 2.45) is 4.99 Å². The van der Waals surface area contributed by atoms with Crippen molar-refractivity contribution in [2.75, 3.05) is 24.2 Å². The number of anilines is 1. The summed E-state index contributed by atoms with van der Waals surface area (Å²) in [5.74, 6) is 0.704. The number of esters is 1. The van der Waals surface area contributed by atoms with Crippen LogP contribution < -0.4 is 5.32 Å². The number of amides is 1. The summed E-state index contributed by atoms with van der Waals surface area (Å²) in [6, 6.07) is 12.5. The van der Waals surface area contributed by atoms with Gasteiger partial charge in [-0.3, -0.25) is 9.79 Å². The summed E-state index contributed by atoms with van der Waals surface area (Å²) in [6.45, 7) is 2.34. The van der Waals surface area contributed by atoms with Crippen LogP contribution in [0.15, 0.2) is 47.5 Å². The van der Waals surface area contributed by atoms with Gasteiger partial charge in [-0.15, -0.1) is 0 Å². The molecule has 0 saturated carbocycles. The summed E-state index contributed by atoms with van der Waals surface area (Å²) in [5.41, 5.74) is 2.79. The number of carbonyl (C=O) groups excluding carboxylic acids is 2. The van der Waals surface area contributed by atoms with E-state index in [0.717, 1.165) is 27.8 Å². The van der Waals surface area contributed by atoms with E-state index in [1.807, 2.05) is 25.1 Å². The topological polar surface area (TPSA) is 67.8 Å². The molecular weight excluding hydrogens is 416 g/mol. The number of benzene rings is 2. The molecule has 0 saturated heterocycles. The molecule has 1 aliphatic rings. The number of hydrogen-bond acceptors (Lipinski definition) is 6. The molecule has 2 aromatic carbocycles. The minimum atomic E-state index is -0.518. The first-order chi connectivity index (χ1) is 13.5. The third kappa shape index (κ3) is 5.77. The predicted molar refractivity (Wildman–Crippen MR) is 118 cm³/mol. The highest BCUT2D eigenvalue weighted by Crippen LogP contribution is 2.26. The molecule has 1 amide bonds. The summed E-state index contributed by atoms with van der Waals surface area (Å²) >= 11 is 9.29. The van der Waals surface area contributed by atoms with Gasteiger partial charge >= 0.3 is 5.97 Å². The van der Waals surface area contributed by atoms with Crippen LogP contribution in [0.5, 0.6) is 0 Å². The first kappa shape index (κ1) is 20.8. The molecule has 0 unspecified atom stereocenters. The highest BCUT2D eigenvalue weighted by atomic mass is 35.5. The van der Waals surface area contributed by atoms with E-state index in [9.17, 15) is 9.59 Å². The predicted octanol–water partition coefficient (Wildman–Crippen LogP) is 4.78. The molecule has 0 aliphatic carbocycles. The lowest BCUT2D eigenvalue weighted by Crippen LogP contribution is -2.21. The van der Waals surface area contributed by atoms with Crippen LogP contribution in [0.2, 0.25) is 5.02 Å². The number of nitrogens with one attached hydrogen (secondary N) is 1. The highest BCUT2D eigenvalue weighted by molar-refractivity contribution is 8.38. The molecule has 5 nitrogen and oxygen atoms in total. The number of carbonyl (C=O) groups is 2. The SMILES string of the molecule is Cc1ccc(Cl)cc1NC(=O)COC(=O)c1ccccc1CSC1=NCCS1. The van der Waals surface area contributed by atoms with Gasteiger partial charge < -0.3 is 10.1 Å². The molecule has 0 radical (unpaired) electrons. The van der Waals surface area contributed by atoms with Crippen molar-refractivity contribution in [3.8, 4) is 0 Å². The summed E-state index contributed by atoms with van der Waals surface area (Å²) < 4.78 is 6.26. The molecule has 0 bridgehead atoms. The second-order valence-corrected chi connectivity index (χ2v) is 8.77. The molecule has 1 aliphatic heterocycles. The van der Waals surface area contributed by atoms with Crippen molar-refractivity contribution in [2.45, 2.75) is 12.7 Å². The smallest absolute Gasteiger partial charge is 0.338 e. The van der Waals surface area contributed by atoms with Crippen LogP contribution in [0.4, 0.5) is 5.69 Å². The van der Waals surface area contributed by atoms with Crippen LogP contribution in [0.1, 0.15) is 21.5 Å². The average Bonchev–Trinajstić information content (AvgIpc) is 3.21. The largest absolute Gasteiger partial charge is 0.452 e. The van der Waals surface area contributed by atoms with Crippen molar-refractivity contribution in [3.63, 3.8) is 0 Å². The number of halogens is 1. The molecule has 146 valence electrons. The van der Waals surface area contributed by atoms with Gasteiger partial charge in [0.05, 0.1) is 12.1 Å². The van der Waals surface area contributed by atoms with Crippen molar-refractivity contribution in [3.05, 3.63) is 64.2 Å². The Labute approximate surface area is 177 Å². The van der Waals surface area contributed by atoms with E-state index in [1.165, 1.54) is 0 Å². The maximum atomic E-state index is 12.5. The summed E-state index contributed by atoms with van der Waals surface area (Å²) in [5, 5.41) is 3.23. The van der Waals surface area contributed by atoms with Gasteiger partial charge in [-0.05, 0) is 36.2 Å². The summed E-state index contributed by atoms with van der Waals surface area (Å²) in [7, 11) is 0. The van der Waals surface area contributed by atoms with Gasteiger partial charge in [0.2, 0.25) is 0 Å². The van der Waals surface area contributed by atoms with Gasteiger partial charge in [0.25, 0.3) is 5.91 Å². The quantitative estimate of drug-likeness (QED) is 0.662. The van der Waals surface area contributed by atoms with Gasteiger partial charge in [0.1, 0.15) is 4.38 Å². The van der Waals surface area contributed by atoms with E-state index < -0.39 is 11.9 Å². The van der Waals surface area contributed by atoms with Gasteiger partial charge in [-0.1, -0.05) is 59.4 Å². The standard InChI is InChI=1S/C20H19ClN2O3S2/c1-13-6-7-15(21)10-17(13)23-18(24)11-26-19(25)16-5-3-2-4-14(16)12-28-20-22-8-9-27-20/h2-7,10H,8-9,11-12H2,1H3,(H,23,24). The van der Waals surface area contributed by atoms with Gasteiger partial charge in [0, 0.05) is 22.2 Å². The van der Waals surface area contributed by atoms with Crippen LogP contribution in [0.25, 0.3) is 0 Å². The minimum Gasteiger partial charge on any atom is -0.452 e. The Kier molecular flexibility index (Phi) is 7.42. The molecule has 0 spiro atoms. The Bertz CT molecular complexity index is 918. The van der Waals surface area contributed by atoms with Crippen LogP contribution in [0, 0.1) is 6.92 Å². The number of nitrogens with zero attached hydrogens (tertiary/aromatic N) is 1. The Morgan fingerprint density at radius 1 is 1.29 bits per heavy atom. The van der Waals surface area contributed by atoms with E-state index in [-0.39, 0.29) is 6.61 Å². The Morgan fingerprint density at radius 2 is 2.11 bits per heavy atom. The second kappa shape index (κ2) is 10.0. The second-order valence-electron chi connectivity index (χ2n) is 6.03. The molecule has 1 heterocycles. The maximum Gasteiger partial charge on any atom is 0.338 e. The molecule has 0 aromatic heterocycles. The Hall–Kier alpha value is -1.96. The van der Waals surface area contributed by atoms with Crippen LogP contribution >= 0.6 is 35.1 Å². The van der Waals surface area contributed by atoms with Crippen molar-refractivity contribution in [1.29, 1.82) is 0 Å².